The zero-order valence-electron chi connectivity index (χ0n) is 13.3. The Hall–Kier alpha value is -1.84. The molecule has 1 aromatic rings. The van der Waals surface area contributed by atoms with Crippen molar-refractivity contribution in [3.63, 3.8) is 0 Å². The van der Waals surface area contributed by atoms with Crippen molar-refractivity contribution < 1.29 is 14.7 Å². The zero-order chi connectivity index (χ0) is 16.0. The number of amides is 1. The molecule has 0 atom stereocenters. The first-order valence-corrected chi connectivity index (χ1v) is 8.12. The van der Waals surface area contributed by atoms with Crippen LogP contribution in [0.3, 0.4) is 0 Å². The van der Waals surface area contributed by atoms with Crippen LogP contribution in [0.5, 0.6) is 0 Å². The number of hydrogen-bond acceptors (Lipinski definition) is 2. The third kappa shape index (κ3) is 3.87. The number of rotatable bonds is 6. The van der Waals surface area contributed by atoms with E-state index in [-0.39, 0.29) is 5.91 Å². The van der Waals surface area contributed by atoms with Crippen LogP contribution in [-0.4, -0.2) is 35.0 Å². The van der Waals surface area contributed by atoms with Gasteiger partial charge in [0.15, 0.2) is 0 Å². The Bertz CT molecular complexity index is 504. The second-order valence-corrected chi connectivity index (χ2v) is 6.23. The minimum Gasteiger partial charge on any atom is -0.481 e. The van der Waals surface area contributed by atoms with Gasteiger partial charge in [-0.15, -0.1) is 0 Å². The summed E-state index contributed by atoms with van der Waals surface area (Å²) in [5.74, 6) is -0.572. The summed E-state index contributed by atoms with van der Waals surface area (Å²) < 4.78 is 0. The molecule has 0 aromatic heterocycles. The van der Waals surface area contributed by atoms with E-state index in [4.69, 9.17) is 0 Å². The number of nitrogens with zero attached hydrogens (tertiary/aromatic N) is 1. The summed E-state index contributed by atoms with van der Waals surface area (Å²) >= 11 is 0. The van der Waals surface area contributed by atoms with E-state index < -0.39 is 11.4 Å². The van der Waals surface area contributed by atoms with Crippen molar-refractivity contribution >= 4 is 11.9 Å². The predicted molar refractivity (Wildman–Crippen MR) is 85.6 cm³/mol. The molecule has 0 unspecified atom stereocenters. The van der Waals surface area contributed by atoms with Crippen molar-refractivity contribution in [2.24, 2.45) is 5.41 Å². The van der Waals surface area contributed by atoms with Crippen LogP contribution < -0.4 is 0 Å². The Morgan fingerprint density at radius 1 is 1.18 bits per heavy atom. The normalized spacial score (nSPS) is 17.2. The summed E-state index contributed by atoms with van der Waals surface area (Å²) in [5.41, 5.74) is 0.318. The fourth-order valence-electron chi connectivity index (χ4n) is 3.12. The highest BCUT2D eigenvalue weighted by Gasteiger charge is 2.42. The van der Waals surface area contributed by atoms with Crippen molar-refractivity contribution in [2.75, 3.05) is 13.1 Å². The molecule has 1 amide bonds. The number of likely N-dealkylation sites (tertiary alicyclic amines) is 1. The van der Waals surface area contributed by atoms with Gasteiger partial charge in [-0.05, 0) is 31.2 Å². The largest absolute Gasteiger partial charge is 0.481 e. The Balaban J connectivity index is 2.00. The van der Waals surface area contributed by atoms with E-state index in [0.29, 0.717) is 38.8 Å². The van der Waals surface area contributed by atoms with Gasteiger partial charge in [0.2, 0.25) is 5.91 Å². The maximum absolute atomic E-state index is 12.1. The van der Waals surface area contributed by atoms with Crippen LogP contribution in [0.1, 0.15) is 44.6 Å². The predicted octanol–water partition coefficient (Wildman–Crippen LogP) is 3.11. The van der Waals surface area contributed by atoms with Gasteiger partial charge in [0.05, 0.1) is 5.41 Å². The van der Waals surface area contributed by atoms with E-state index in [0.717, 1.165) is 18.4 Å². The Morgan fingerprint density at radius 3 is 2.36 bits per heavy atom. The topological polar surface area (TPSA) is 57.6 Å². The number of carboxylic acid groups (broad SMARTS) is 1. The van der Waals surface area contributed by atoms with Crippen LogP contribution in [-0.2, 0) is 16.0 Å². The summed E-state index contributed by atoms with van der Waals surface area (Å²) in [6.45, 7) is 3.18. The van der Waals surface area contributed by atoms with Gasteiger partial charge in [0.1, 0.15) is 0 Å². The fourth-order valence-corrected chi connectivity index (χ4v) is 3.12. The first kappa shape index (κ1) is 16.5. The van der Waals surface area contributed by atoms with Gasteiger partial charge < -0.3 is 10.0 Å². The lowest BCUT2D eigenvalue weighted by atomic mass is 9.74. The Morgan fingerprint density at radius 2 is 1.82 bits per heavy atom. The maximum Gasteiger partial charge on any atom is 0.310 e. The van der Waals surface area contributed by atoms with Crippen LogP contribution in [0.4, 0.5) is 0 Å². The van der Waals surface area contributed by atoms with Crippen LogP contribution in [0, 0.1) is 5.41 Å². The van der Waals surface area contributed by atoms with Crippen molar-refractivity contribution in [3.05, 3.63) is 35.9 Å². The van der Waals surface area contributed by atoms with E-state index in [2.05, 4.69) is 6.92 Å². The third-order valence-corrected chi connectivity index (χ3v) is 4.66. The first-order chi connectivity index (χ1) is 10.6. The minimum atomic E-state index is -0.739. The molecule has 0 spiro atoms. The zero-order valence-corrected chi connectivity index (χ0v) is 13.3. The van der Waals surface area contributed by atoms with E-state index in [1.54, 1.807) is 0 Å². The van der Waals surface area contributed by atoms with Crippen LogP contribution in [0.15, 0.2) is 30.3 Å². The van der Waals surface area contributed by atoms with Gasteiger partial charge in [0.25, 0.3) is 0 Å². The first-order valence-electron chi connectivity index (χ1n) is 8.12. The number of hydrogen-bond donors (Lipinski definition) is 1. The molecule has 2 rings (SSSR count). The molecule has 0 aliphatic carbocycles. The molecule has 1 saturated heterocycles. The summed E-state index contributed by atoms with van der Waals surface area (Å²) in [6, 6.07) is 9.77. The lowest BCUT2D eigenvalue weighted by molar-refractivity contribution is -0.154. The number of aliphatic carboxylic acids is 1. The average molecular weight is 303 g/mol. The van der Waals surface area contributed by atoms with Crippen LogP contribution in [0.25, 0.3) is 0 Å². The monoisotopic (exact) mass is 303 g/mol. The highest BCUT2D eigenvalue weighted by atomic mass is 16.4. The lowest BCUT2D eigenvalue weighted by Crippen LogP contribution is -2.47. The third-order valence-electron chi connectivity index (χ3n) is 4.66. The number of piperidine rings is 1. The second-order valence-electron chi connectivity index (χ2n) is 6.23. The lowest BCUT2D eigenvalue weighted by Gasteiger charge is -2.39. The van der Waals surface area contributed by atoms with E-state index in [1.165, 1.54) is 0 Å². The SMILES string of the molecule is CCCCC(=O)N1CCC(Cc2ccccc2)(C(=O)O)CC1. The molecule has 1 aliphatic heterocycles. The smallest absolute Gasteiger partial charge is 0.310 e. The summed E-state index contributed by atoms with van der Waals surface area (Å²) in [4.78, 5) is 25.7. The number of carboxylic acids is 1. The van der Waals surface area contributed by atoms with E-state index in [1.807, 2.05) is 35.2 Å². The molecule has 4 nitrogen and oxygen atoms in total. The molecule has 0 bridgehead atoms. The molecule has 22 heavy (non-hydrogen) atoms. The maximum atomic E-state index is 12.1. The summed E-state index contributed by atoms with van der Waals surface area (Å²) in [7, 11) is 0. The number of carbonyl (C=O) groups excluding carboxylic acids is 1. The summed E-state index contributed by atoms with van der Waals surface area (Å²) in [5, 5.41) is 9.71. The molecule has 120 valence electrons. The quantitative estimate of drug-likeness (QED) is 0.878. The van der Waals surface area contributed by atoms with Crippen LogP contribution >= 0.6 is 0 Å². The average Bonchev–Trinajstić information content (AvgIpc) is 2.54. The molecule has 0 radical (unpaired) electrons. The van der Waals surface area contributed by atoms with Gasteiger partial charge in [-0.1, -0.05) is 43.7 Å². The van der Waals surface area contributed by atoms with Crippen molar-refractivity contribution in [1.29, 1.82) is 0 Å². The highest BCUT2D eigenvalue weighted by Crippen LogP contribution is 2.35. The van der Waals surface area contributed by atoms with Crippen molar-refractivity contribution in [3.8, 4) is 0 Å². The minimum absolute atomic E-state index is 0.167. The number of carbonyl (C=O) groups is 2. The molecule has 0 saturated carbocycles. The molecule has 1 heterocycles. The molecule has 1 aromatic carbocycles. The van der Waals surface area contributed by atoms with Gasteiger partial charge in [-0.2, -0.15) is 0 Å². The van der Waals surface area contributed by atoms with Crippen molar-refractivity contribution in [1.82, 2.24) is 4.90 Å². The molecule has 4 heteroatoms. The summed E-state index contributed by atoms with van der Waals surface area (Å²) in [6.07, 6.45) is 4.11. The standard InChI is InChI=1S/C18H25NO3/c1-2-3-9-16(20)19-12-10-18(11-13-19,17(21)22)14-15-7-5-4-6-8-15/h4-8H,2-3,9-14H2,1H3,(H,21,22). The fraction of sp³-hybridized carbons (Fsp3) is 0.556. The van der Waals surface area contributed by atoms with E-state index in [9.17, 15) is 14.7 Å². The molecular formula is C18H25NO3. The van der Waals surface area contributed by atoms with Crippen molar-refractivity contribution in [2.45, 2.75) is 45.4 Å². The number of benzene rings is 1. The molecule has 1 N–H and O–H groups in total. The molecule has 1 fully saturated rings. The Labute approximate surface area is 132 Å². The Kier molecular flexibility index (Phi) is 5.58. The highest BCUT2D eigenvalue weighted by molar-refractivity contribution is 5.78. The van der Waals surface area contributed by atoms with Gasteiger partial charge in [-0.25, -0.2) is 0 Å². The number of unbranched alkanes of at least 4 members (excludes halogenated alkanes) is 1. The van der Waals surface area contributed by atoms with Gasteiger partial charge in [-0.3, -0.25) is 9.59 Å². The van der Waals surface area contributed by atoms with Gasteiger partial charge >= 0.3 is 5.97 Å². The second kappa shape index (κ2) is 7.43. The van der Waals surface area contributed by atoms with Crippen LogP contribution in [0.2, 0.25) is 0 Å². The molecular weight excluding hydrogens is 278 g/mol. The van der Waals surface area contributed by atoms with E-state index >= 15 is 0 Å². The molecule has 1 aliphatic rings. The van der Waals surface area contributed by atoms with Gasteiger partial charge in [0, 0.05) is 19.5 Å².